The van der Waals surface area contributed by atoms with Crippen LogP contribution < -0.4 is 0 Å². The molecule has 3 rings (SSSR count). The Morgan fingerprint density at radius 2 is 1.07 bits per heavy atom. The summed E-state index contributed by atoms with van der Waals surface area (Å²) in [7, 11) is 0. The molecule has 14 heteroatoms. The maximum atomic E-state index is 12.1. The van der Waals surface area contributed by atoms with Crippen LogP contribution in [-0.4, -0.2) is 106 Å². The zero-order valence-corrected chi connectivity index (χ0v) is 28.1. The smallest absolute Gasteiger partial charge is 0.331 e. The van der Waals surface area contributed by atoms with Crippen molar-refractivity contribution in [2.75, 3.05) is 49.4 Å². The van der Waals surface area contributed by atoms with E-state index < -0.39 is 36.1 Å². The first-order valence-electron chi connectivity index (χ1n) is 14.2. The number of carboxylic acid groups (broad SMARTS) is 2. The third-order valence-corrected chi connectivity index (χ3v) is 11.3. The zero-order chi connectivity index (χ0) is 33.0. The monoisotopic (exact) mass is 708 g/mol. The van der Waals surface area contributed by atoms with Crippen molar-refractivity contribution in [3.8, 4) is 0 Å². The summed E-state index contributed by atoms with van der Waals surface area (Å²) in [5.41, 5.74) is 0. The summed E-state index contributed by atoms with van der Waals surface area (Å²) in [4.78, 5) is 47.7. The summed E-state index contributed by atoms with van der Waals surface area (Å²) < 4.78 is 22.8. The number of thioether (sulfide) groups is 4. The van der Waals surface area contributed by atoms with Crippen molar-refractivity contribution in [2.24, 2.45) is 0 Å². The summed E-state index contributed by atoms with van der Waals surface area (Å²) in [5, 5.41) is 18.0. The molecule has 0 aromatic heterocycles. The van der Waals surface area contributed by atoms with E-state index in [2.05, 4.69) is 0 Å². The van der Waals surface area contributed by atoms with Gasteiger partial charge in [0, 0.05) is 67.6 Å². The molecule has 1 saturated heterocycles. The Balaban J connectivity index is 1.39. The molecule has 1 fully saturated rings. The van der Waals surface area contributed by atoms with Crippen molar-refractivity contribution in [3.05, 3.63) is 85.0 Å². The minimum atomic E-state index is -1.23. The second kappa shape index (κ2) is 21.8. The second-order valence-corrected chi connectivity index (χ2v) is 14.5. The number of ether oxygens (including phenoxy) is 4. The molecule has 2 aromatic carbocycles. The van der Waals surface area contributed by atoms with Gasteiger partial charge < -0.3 is 29.2 Å². The van der Waals surface area contributed by atoms with Crippen LogP contribution in [0.1, 0.15) is 0 Å². The molecule has 0 spiro atoms. The van der Waals surface area contributed by atoms with Gasteiger partial charge in [0.05, 0.1) is 26.4 Å². The second-order valence-electron chi connectivity index (χ2n) is 9.69. The normalized spacial score (nSPS) is 17.8. The maximum Gasteiger partial charge on any atom is 0.331 e. The van der Waals surface area contributed by atoms with Crippen molar-refractivity contribution in [1.29, 1.82) is 0 Å². The van der Waals surface area contributed by atoms with Gasteiger partial charge in [-0.25, -0.2) is 19.2 Å². The highest BCUT2D eigenvalue weighted by atomic mass is 32.2. The fraction of sp³-hybridized carbons (Fsp3) is 0.375. The number of benzene rings is 2. The fourth-order valence-corrected chi connectivity index (χ4v) is 8.34. The minimum absolute atomic E-state index is 0.184. The Morgan fingerprint density at radius 3 is 1.41 bits per heavy atom. The molecule has 248 valence electrons. The topological polar surface area (TPSA) is 146 Å². The van der Waals surface area contributed by atoms with Crippen LogP contribution in [0.15, 0.2) is 94.8 Å². The predicted octanol–water partition coefficient (Wildman–Crippen LogP) is 4.93. The summed E-state index contributed by atoms with van der Waals surface area (Å²) in [6.07, 6.45) is 2.17. The molecule has 2 aromatic rings. The summed E-state index contributed by atoms with van der Waals surface area (Å²) in [6, 6.07) is 19.4. The molecule has 0 bridgehead atoms. The average molecular weight is 709 g/mol. The molecular formula is C32H36O10S4. The fourth-order valence-electron chi connectivity index (χ4n) is 3.77. The van der Waals surface area contributed by atoms with Crippen molar-refractivity contribution in [2.45, 2.75) is 32.5 Å². The van der Waals surface area contributed by atoms with Crippen LogP contribution in [0, 0.1) is 0 Å². The third-order valence-electron chi connectivity index (χ3n) is 5.90. The van der Waals surface area contributed by atoms with E-state index in [4.69, 9.17) is 29.2 Å². The Morgan fingerprint density at radius 1 is 0.674 bits per heavy atom. The van der Waals surface area contributed by atoms with Gasteiger partial charge >= 0.3 is 23.9 Å². The maximum absolute atomic E-state index is 12.1. The number of hydrogen-bond donors (Lipinski definition) is 2. The zero-order valence-electron chi connectivity index (χ0n) is 24.8. The van der Waals surface area contributed by atoms with E-state index in [1.165, 1.54) is 23.5 Å². The van der Waals surface area contributed by atoms with Crippen molar-refractivity contribution in [3.63, 3.8) is 0 Å². The van der Waals surface area contributed by atoms with Gasteiger partial charge in [-0.05, 0) is 24.3 Å². The van der Waals surface area contributed by atoms with Gasteiger partial charge in [0.1, 0.15) is 12.2 Å². The quantitative estimate of drug-likeness (QED) is 0.109. The molecule has 0 saturated carbocycles. The van der Waals surface area contributed by atoms with E-state index in [0.717, 1.165) is 45.6 Å². The first-order valence-corrected chi connectivity index (χ1v) is 18.3. The standard InChI is InChI=1S/C32H36O10S4/c33-29(34)11-13-31(37)41-23(19-43-25-7-3-1-4-8-25)15-39-17-27-21-46-28(22-45-27)18-40-16-24(42-32(38)14-12-30(35)36)20-44-26-9-5-2-6-10-26/h1-14,23-24,27-28H,15-22H2,(H,33,34)(H,35,36). The number of rotatable bonds is 20. The highest BCUT2D eigenvalue weighted by molar-refractivity contribution is 8.07. The summed E-state index contributed by atoms with van der Waals surface area (Å²) in [5.74, 6) is -1.33. The number of carboxylic acids is 2. The minimum Gasteiger partial charge on any atom is -0.478 e. The van der Waals surface area contributed by atoms with Crippen LogP contribution in [-0.2, 0) is 38.1 Å². The summed E-state index contributed by atoms with van der Waals surface area (Å²) >= 11 is 6.60. The lowest BCUT2D eigenvalue weighted by atomic mass is 10.4. The van der Waals surface area contributed by atoms with E-state index >= 15 is 0 Å². The molecule has 1 aliphatic heterocycles. The average Bonchev–Trinajstić information content (AvgIpc) is 3.05. The van der Waals surface area contributed by atoms with E-state index in [1.807, 2.05) is 60.7 Å². The number of carbonyl (C=O) groups is 4. The Hall–Kier alpha value is -2.88. The number of aliphatic carboxylic acids is 2. The molecule has 2 N–H and O–H groups in total. The SMILES string of the molecule is O=C(O)C=CC(=O)OC(COCC1CSC(COCC(CSc2ccccc2)OC(=O)C=CC(=O)O)CS1)CSc1ccccc1. The molecule has 1 aliphatic rings. The van der Waals surface area contributed by atoms with Gasteiger partial charge in [0.25, 0.3) is 0 Å². The lowest BCUT2D eigenvalue weighted by Gasteiger charge is -2.28. The Labute approximate surface area is 285 Å². The molecule has 4 unspecified atom stereocenters. The molecular weight excluding hydrogens is 673 g/mol. The number of esters is 2. The Bertz CT molecular complexity index is 1180. The van der Waals surface area contributed by atoms with Gasteiger partial charge in [0.2, 0.25) is 0 Å². The van der Waals surface area contributed by atoms with E-state index in [0.29, 0.717) is 24.7 Å². The van der Waals surface area contributed by atoms with Crippen molar-refractivity contribution >= 4 is 70.9 Å². The molecule has 10 nitrogen and oxygen atoms in total. The molecule has 0 aliphatic carbocycles. The van der Waals surface area contributed by atoms with E-state index in [-0.39, 0.29) is 23.7 Å². The van der Waals surface area contributed by atoms with Crippen LogP contribution in [0.4, 0.5) is 0 Å². The number of carbonyl (C=O) groups excluding carboxylic acids is 2. The van der Waals surface area contributed by atoms with Crippen LogP contribution in [0.5, 0.6) is 0 Å². The molecule has 1 heterocycles. The highest BCUT2D eigenvalue weighted by Crippen LogP contribution is 2.30. The van der Waals surface area contributed by atoms with Gasteiger partial charge in [-0.1, -0.05) is 36.4 Å². The van der Waals surface area contributed by atoms with Crippen LogP contribution in [0.2, 0.25) is 0 Å². The lowest BCUT2D eigenvalue weighted by Crippen LogP contribution is -2.32. The first-order chi connectivity index (χ1) is 22.3. The first kappa shape index (κ1) is 37.6. The highest BCUT2D eigenvalue weighted by Gasteiger charge is 2.24. The molecule has 0 radical (unpaired) electrons. The van der Waals surface area contributed by atoms with Crippen LogP contribution in [0.3, 0.4) is 0 Å². The molecule has 0 amide bonds. The lowest BCUT2D eigenvalue weighted by molar-refractivity contribution is -0.145. The van der Waals surface area contributed by atoms with Crippen LogP contribution in [0.25, 0.3) is 0 Å². The van der Waals surface area contributed by atoms with E-state index in [9.17, 15) is 19.2 Å². The predicted molar refractivity (Wildman–Crippen MR) is 182 cm³/mol. The van der Waals surface area contributed by atoms with E-state index in [1.54, 1.807) is 23.5 Å². The third kappa shape index (κ3) is 16.6. The van der Waals surface area contributed by atoms with Gasteiger partial charge in [-0.2, -0.15) is 23.5 Å². The van der Waals surface area contributed by atoms with Gasteiger partial charge in [0.15, 0.2) is 0 Å². The van der Waals surface area contributed by atoms with Crippen molar-refractivity contribution < 1.29 is 48.3 Å². The van der Waals surface area contributed by atoms with Gasteiger partial charge in [-0.15, -0.1) is 23.5 Å². The van der Waals surface area contributed by atoms with Crippen LogP contribution >= 0.6 is 47.0 Å². The van der Waals surface area contributed by atoms with Crippen molar-refractivity contribution in [1.82, 2.24) is 0 Å². The number of hydrogen-bond acceptors (Lipinski definition) is 12. The molecule has 46 heavy (non-hydrogen) atoms. The largest absolute Gasteiger partial charge is 0.478 e. The Kier molecular flexibility index (Phi) is 17.8. The van der Waals surface area contributed by atoms with Gasteiger partial charge in [-0.3, -0.25) is 0 Å². The summed E-state index contributed by atoms with van der Waals surface area (Å²) in [6.45, 7) is 1.31. The molecule has 4 atom stereocenters.